The molecule has 0 spiro atoms. The van der Waals surface area contributed by atoms with Crippen LogP contribution in [-0.2, 0) is 0 Å². The van der Waals surface area contributed by atoms with Gasteiger partial charge in [-0.3, -0.25) is 0 Å². The van der Waals surface area contributed by atoms with E-state index in [0.29, 0.717) is 17.3 Å². The van der Waals surface area contributed by atoms with Crippen molar-refractivity contribution in [2.24, 2.45) is 16.3 Å². The lowest BCUT2D eigenvalue weighted by Gasteiger charge is -2.22. The van der Waals surface area contributed by atoms with Crippen molar-refractivity contribution in [3.63, 3.8) is 0 Å². The molecule has 1 aliphatic carbocycles. The molecule has 0 radical (unpaired) electrons. The average Bonchev–Trinajstić information content (AvgIpc) is 2.53. The predicted molar refractivity (Wildman–Crippen MR) is 62.0 cm³/mol. The second-order valence-corrected chi connectivity index (χ2v) is 5.26. The molecule has 0 heterocycles. The van der Waals surface area contributed by atoms with E-state index in [-0.39, 0.29) is 6.04 Å². The minimum atomic E-state index is 0.00824. The Labute approximate surface area is 91.9 Å². The SMILES string of the molecule is CCC(NC1CCC(C)(C)C1)C(N)=NO. The molecule has 0 amide bonds. The molecule has 1 rings (SSSR count). The largest absolute Gasteiger partial charge is 0.409 e. The molecule has 1 saturated carbocycles. The lowest BCUT2D eigenvalue weighted by Crippen LogP contribution is -2.45. The monoisotopic (exact) mass is 213 g/mol. The van der Waals surface area contributed by atoms with Crippen LogP contribution in [0.2, 0.25) is 0 Å². The van der Waals surface area contributed by atoms with Crippen LogP contribution in [0.4, 0.5) is 0 Å². The maximum Gasteiger partial charge on any atom is 0.156 e. The van der Waals surface area contributed by atoms with Crippen molar-refractivity contribution in [2.75, 3.05) is 0 Å². The molecule has 1 fully saturated rings. The molecule has 0 aromatic heterocycles. The second-order valence-electron chi connectivity index (χ2n) is 5.26. The molecule has 4 N–H and O–H groups in total. The van der Waals surface area contributed by atoms with Crippen molar-refractivity contribution in [2.45, 2.75) is 58.5 Å². The molecule has 15 heavy (non-hydrogen) atoms. The summed E-state index contributed by atoms with van der Waals surface area (Å²) in [7, 11) is 0. The molecule has 2 atom stereocenters. The van der Waals surface area contributed by atoms with Gasteiger partial charge in [0.1, 0.15) is 0 Å². The number of hydrogen-bond acceptors (Lipinski definition) is 3. The predicted octanol–water partition coefficient (Wildman–Crippen LogP) is 1.68. The molecule has 88 valence electrons. The van der Waals surface area contributed by atoms with Gasteiger partial charge in [-0.15, -0.1) is 0 Å². The Hall–Kier alpha value is -0.770. The number of amidine groups is 1. The van der Waals surface area contributed by atoms with E-state index >= 15 is 0 Å². The van der Waals surface area contributed by atoms with Crippen LogP contribution in [0.25, 0.3) is 0 Å². The fourth-order valence-electron chi connectivity index (χ4n) is 2.34. The van der Waals surface area contributed by atoms with E-state index in [0.717, 1.165) is 6.42 Å². The molecule has 1 aliphatic rings. The highest BCUT2D eigenvalue weighted by atomic mass is 16.4. The van der Waals surface area contributed by atoms with Gasteiger partial charge < -0.3 is 16.3 Å². The minimum Gasteiger partial charge on any atom is -0.409 e. The molecule has 0 aromatic rings. The van der Waals surface area contributed by atoms with Gasteiger partial charge in [-0.2, -0.15) is 0 Å². The Morgan fingerprint density at radius 1 is 1.67 bits per heavy atom. The highest BCUT2D eigenvalue weighted by Crippen LogP contribution is 2.37. The number of rotatable bonds is 4. The first kappa shape index (κ1) is 12.3. The maximum atomic E-state index is 8.64. The lowest BCUT2D eigenvalue weighted by molar-refractivity contribution is 0.312. The van der Waals surface area contributed by atoms with E-state index < -0.39 is 0 Å². The molecule has 0 bridgehead atoms. The zero-order valence-electron chi connectivity index (χ0n) is 9.95. The van der Waals surface area contributed by atoms with E-state index in [1.165, 1.54) is 19.3 Å². The van der Waals surface area contributed by atoms with E-state index in [4.69, 9.17) is 10.9 Å². The lowest BCUT2D eigenvalue weighted by atomic mass is 9.92. The molecule has 0 saturated heterocycles. The Kier molecular flexibility index (Phi) is 3.97. The van der Waals surface area contributed by atoms with E-state index in [1.54, 1.807) is 0 Å². The number of nitrogens with two attached hydrogens (primary N) is 1. The first-order valence-corrected chi connectivity index (χ1v) is 5.72. The summed E-state index contributed by atoms with van der Waals surface area (Å²) in [6, 6.07) is 0.513. The van der Waals surface area contributed by atoms with Gasteiger partial charge in [0.2, 0.25) is 0 Å². The van der Waals surface area contributed by atoms with Crippen LogP contribution >= 0.6 is 0 Å². The topological polar surface area (TPSA) is 70.6 Å². The van der Waals surface area contributed by atoms with Gasteiger partial charge in [0.05, 0.1) is 6.04 Å². The average molecular weight is 213 g/mol. The number of nitrogens with one attached hydrogen (secondary N) is 1. The van der Waals surface area contributed by atoms with Crippen LogP contribution in [0.15, 0.2) is 5.16 Å². The summed E-state index contributed by atoms with van der Waals surface area (Å²) in [5.41, 5.74) is 6.04. The fourth-order valence-corrected chi connectivity index (χ4v) is 2.34. The fraction of sp³-hybridized carbons (Fsp3) is 0.909. The van der Waals surface area contributed by atoms with Crippen LogP contribution in [-0.4, -0.2) is 23.1 Å². The Balaban J connectivity index is 2.47. The molecular weight excluding hydrogens is 190 g/mol. The Bertz CT molecular complexity index is 238. The third-order valence-electron chi connectivity index (χ3n) is 3.29. The summed E-state index contributed by atoms with van der Waals surface area (Å²) in [6.45, 7) is 6.62. The first-order valence-electron chi connectivity index (χ1n) is 5.72. The van der Waals surface area contributed by atoms with Crippen LogP contribution in [0.5, 0.6) is 0 Å². The summed E-state index contributed by atoms with van der Waals surface area (Å²) < 4.78 is 0. The van der Waals surface area contributed by atoms with E-state index in [2.05, 4.69) is 24.3 Å². The maximum absolute atomic E-state index is 8.64. The molecule has 2 unspecified atom stereocenters. The van der Waals surface area contributed by atoms with E-state index in [9.17, 15) is 0 Å². The molecule has 0 aromatic carbocycles. The Morgan fingerprint density at radius 2 is 2.33 bits per heavy atom. The Morgan fingerprint density at radius 3 is 2.73 bits per heavy atom. The van der Waals surface area contributed by atoms with Gasteiger partial charge in [-0.1, -0.05) is 25.9 Å². The van der Waals surface area contributed by atoms with Gasteiger partial charge >= 0.3 is 0 Å². The zero-order valence-corrected chi connectivity index (χ0v) is 9.95. The standard InChI is InChI=1S/C11H23N3O/c1-4-9(10(12)14-15)13-8-5-6-11(2,3)7-8/h8-9,13,15H,4-7H2,1-3H3,(H2,12,14). The first-order chi connectivity index (χ1) is 6.98. The third-order valence-corrected chi connectivity index (χ3v) is 3.29. The van der Waals surface area contributed by atoms with Crippen LogP contribution in [0.3, 0.4) is 0 Å². The van der Waals surface area contributed by atoms with Gasteiger partial charge in [0, 0.05) is 6.04 Å². The van der Waals surface area contributed by atoms with E-state index in [1.807, 2.05) is 6.92 Å². The summed E-state index contributed by atoms with van der Waals surface area (Å²) >= 11 is 0. The number of hydrogen-bond donors (Lipinski definition) is 3. The van der Waals surface area contributed by atoms with Crippen molar-refractivity contribution < 1.29 is 5.21 Å². The zero-order chi connectivity index (χ0) is 11.5. The van der Waals surface area contributed by atoms with Crippen molar-refractivity contribution in [1.29, 1.82) is 0 Å². The number of oxime groups is 1. The summed E-state index contributed by atoms with van der Waals surface area (Å²) in [5.74, 6) is 0.294. The molecule has 0 aliphatic heterocycles. The van der Waals surface area contributed by atoms with Crippen LogP contribution < -0.4 is 11.1 Å². The second kappa shape index (κ2) is 4.84. The highest BCUT2D eigenvalue weighted by molar-refractivity contribution is 5.85. The minimum absolute atomic E-state index is 0.00824. The van der Waals surface area contributed by atoms with Gasteiger partial charge in [0.25, 0.3) is 0 Å². The third kappa shape index (κ3) is 3.38. The van der Waals surface area contributed by atoms with Crippen molar-refractivity contribution in [1.82, 2.24) is 5.32 Å². The van der Waals surface area contributed by atoms with Crippen molar-refractivity contribution in [3.8, 4) is 0 Å². The van der Waals surface area contributed by atoms with Gasteiger partial charge in [-0.05, 0) is 31.1 Å². The van der Waals surface area contributed by atoms with Crippen molar-refractivity contribution >= 4 is 5.84 Å². The number of nitrogens with zero attached hydrogens (tertiary/aromatic N) is 1. The summed E-state index contributed by atoms with van der Waals surface area (Å²) in [6.07, 6.45) is 4.45. The molecule has 4 nitrogen and oxygen atoms in total. The summed E-state index contributed by atoms with van der Waals surface area (Å²) in [5, 5.41) is 15.2. The van der Waals surface area contributed by atoms with Gasteiger partial charge in [0.15, 0.2) is 5.84 Å². The van der Waals surface area contributed by atoms with Crippen molar-refractivity contribution in [3.05, 3.63) is 0 Å². The van der Waals surface area contributed by atoms with Crippen LogP contribution in [0, 0.1) is 5.41 Å². The molecular formula is C11H23N3O. The molecule has 4 heteroatoms. The normalized spacial score (nSPS) is 27.9. The highest BCUT2D eigenvalue weighted by Gasteiger charge is 2.32. The van der Waals surface area contributed by atoms with Gasteiger partial charge in [-0.25, -0.2) is 0 Å². The van der Waals surface area contributed by atoms with Crippen LogP contribution in [0.1, 0.15) is 46.5 Å². The summed E-state index contributed by atoms with van der Waals surface area (Å²) in [4.78, 5) is 0. The smallest absolute Gasteiger partial charge is 0.156 e. The quantitative estimate of drug-likeness (QED) is 0.288.